The highest BCUT2D eigenvalue weighted by Crippen LogP contribution is 2.17. The van der Waals surface area contributed by atoms with Crippen LogP contribution in [-0.4, -0.2) is 36.5 Å². The third-order valence-corrected chi connectivity index (χ3v) is 4.06. The number of nitrogens with one attached hydrogen (secondary N) is 1. The highest BCUT2D eigenvalue weighted by Gasteiger charge is 2.20. The molecule has 1 aliphatic heterocycles. The Bertz CT molecular complexity index is 422. The lowest BCUT2D eigenvalue weighted by atomic mass is 10.1. The lowest BCUT2D eigenvalue weighted by Crippen LogP contribution is -2.51. The first-order chi connectivity index (χ1) is 8.66. The van der Waals surface area contributed by atoms with Crippen LogP contribution in [0.2, 0.25) is 0 Å². The van der Waals surface area contributed by atoms with Crippen molar-refractivity contribution in [3.63, 3.8) is 0 Å². The highest BCUT2D eigenvalue weighted by molar-refractivity contribution is 9.10. The quantitative estimate of drug-likeness (QED) is 0.928. The summed E-state index contributed by atoms with van der Waals surface area (Å²) in [6.45, 7) is 4.68. The van der Waals surface area contributed by atoms with Gasteiger partial charge in [-0.15, -0.1) is 0 Å². The lowest BCUT2D eigenvalue weighted by Gasteiger charge is -2.32. The number of benzene rings is 1. The van der Waals surface area contributed by atoms with Crippen molar-refractivity contribution in [2.75, 3.05) is 19.6 Å². The first kappa shape index (κ1) is 13.6. The van der Waals surface area contributed by atoms with Crippen molar-refractivity contribution in [1.82, 2.24) is 10.2 Å². The van der Waals surface area contributed by atoms with E-state index in [9.17, 15) is 4.79 Å². The molecule has 3 nitrogen and oxygen atoms in total. The number of amides is 1. The van der Waals surface area contributed by atoms with Crippen LogP contribution in [0.5, 0.6) is 0 Å². The van der Waals surface area contributed by atoms with E-state index < -0.39 is 0 Å². The zero-order valence-electron chi connectivity index (χ0n) is 10.7. The summed E-state index contributed by atoms with van der Waals surface area (Å²) in [5, 5.41) is 3.35. The molecule has 1 aliphatic rings. The normalized spacial score (nSPS) is 19.9. The highest BCUT2D eigenvalue weighted by atomic mass is 79.9. The number of rotatable bonds is 3. The molecule has 0 spiro atoms. The van der Waals surface area contributed by atoms with E-state index in [2.05, 4.69) is 34.2 Å². The van der Waals surface area contributed by atoms with Gasteiger partial charge in [-0.05, 0) is 25.0 Å². The third kappa shape index (κ3) is 3.56. The van der Waals surface area contributed by atoms with E-state index >= 15 is 0 Å². The van der Waals surface area contributed by atoms with Gasteiger partial charge in [-0.1, -0.05) is 34.1 Å². The summed E-state index contributed by atoms with van der Waals surface area (Å²) in [6.07, 6.45) is 1.40. The van der Waals surface area contributed by atoms with Gasteiger partial charge < -0.3 is 10.2 Å². The second kappa shape index (κ2) is 6.34. The van der Waals surface area contributed by atoms with Gasteiger partial charge in [-0.25, -0.2) is 0 Å². The molecule has 0 saturated carbocycles. The van der Waals surface area contributed by atoms with E-state index in [0.717, 1.165) is 30.5 Å². The largest absolute Gasteiger partial charge is 0.340 e. The summed E-state index contributed by atoms with van der Waals surface area (Å²) in [7, 11) is 0. The van der Waals surface area contributed by atoms with Crippen LogP contribution < -0.4 is 5.32 Å². The average molecular weight is 311 g/mol. The van der Waals surface area contributed by atoms with E-state index in [1.165, 1.54) is 5.56 Å². The van der Waals surface area contributed by atoms with Crippen LogP contribution in [-0.2, 0) is 11.2 Å². The summed E-state index contributed by atoms with van der Waals surface area (Å²) >= 11 is 3.52. The molecule has 1 amide bonds. The van der Waals surface area contributed by atoms with Crippen LogP contribution in [0.1, 0.15) is 18.9 Å². The molecule has 1 aromatic carbocycles. The van der Waals surface area contributed by atoms with Gasteiger partial charge in [-0.2, -0.15) is 0 Å². The first-order valence-electron chi connectivity index (χ1n) is 6.41. The number of carbonyl (C=O) groups excluding carboxylic acids is 1. The van der Waals surface area contributed by atoms with E-state index in [4.69, 9.17) is 0 Å². The second-order valence-corrected chi connectivity index (χ2v) is 5.64. The van der Waals surface area contributed by atoms with Gasteiger partial charge in [0, 0.05) is 36.6 Å². The van der Waals surface area contributed by atoms with E-state index in [-0.39, 0.29) is 5.91 Å². The molecule has 0 bridgehead atoms. The Hall–Kier alpha value is -0.870. The predicted molar refractivity (Wildman–Crippen MR) is 76.5 cm³/mol. The number of piperazine rings is 1. The standard InChI is InChI=1S/C14H19BrN2O/c1-11-10-17(9-8-16-11)14(18)7-6-12-4-2-3-5-13(12)15/h2-5,11,16H,6-10H2,1H3. The molecule has 1 saturated heterocycles. The molecule has 98 valence electrons. The molecule has 0 radical (unpaired) electrons. The molecule has 0 aliphatic carbocycles. The minimum atomic E-state index is 0.263. The zero-order valence-corrected chi connectivity index (χ0v) is 12.2. The molecule has 1 aromatic rings. The van der Waals surface area contributed by atoms with Crippen LogP contribution in [0.25, 0.3) is 0 Å². The Morgan fingerprint density at radius 1 is 1.50 bits per heavy atom. The van der Waals surface area contributed by atoms with Crippen molar-refractivity contribution < 1.29 is 4.79 Å². The molecule has 18 heavy (non-hydrogen) atoms. The summed E-state index contributed by atoms with van der Waals surface area (Å²) in [5.74, 6) is 0.263. The van der Waals surface area contributed by atoms with Gasteiger partial charge in [-0.3, -0.25) is 4.79 Å². The fourth-order valence-corrected chi connectivity index (χ4v) is 2.74. The summed E-state index contributed by atoms with van der Waals surface area (Å²) in [6, 6.07) is 8.50. The number of carbonyl (C=O) groups is 1. The maximum absolute atomic E-state index is 12.1. The van der Waals surface area contributed by atoms with Gasteiger partial charge in [0.05, 0.1) is 0 Å². The Kier molecular flexibility index (Phi) is 4.78. The molecular formula is C14H19BrN2O. The number of halogens is 1. The number of aryl methyl sites for hydroxylation is 1. The third-order valence-electron chi connectivity index (χ3n) is 3.29. The maximum Gasteiger partial charge on any atom is 0.222 e. The molecular weight excluding hydrogens is 292 g/mol. The van der Waals surface area contributed by atoms with Crippen molar-refractivity contribution in [2.24, 2.45) is 0 Å². The maximum atomic E-state index is 12.1. The van der Waals surface area contributed by atoms with Gasteiger partial charge >= 0.3 is 0 Å². The molecule has 1 fully saturated rings. The fraction of sp³-hybridized carbons (Fsp3) is 0.500. The van der Waals surface area contributed by atoms with Crippen molar-refractivity contribution in [3.05, 3.63) is 34.3 Å². The fourth-order valence-electron chi connectivity index (χ4n) is 2.26. The van der Waals surface area contributed by atoms with Gasteiger partial charge in [0.15, 0.2) is 0 Å². The van der Waals surface area contributed by atoms with Crippen molar-refractivity contribution >= 4 is 21.8 Å². The lowest BCUT2D eigenvalue weighted by molar-refractivity contribution is -0.132. The minimum absolute atomic E-state index is 0.263. The van der Waals surface area contributed by atoms with Crippen molar-refractivity contribution in [2.45, 2.75) is 25.8 Å². The number of nitrogens with zero attached hydrogens (tertiary/aromatic N) is 1. The molecule has 1 unspecified atom stereocenters. The van der Waals surface area contributed by atoms with Gasteiger partial charge in [0.25, 0.3) is 0 Å². The van der Waals surface area contributed by atoms with E-state index in [1.54, 1.807) is 0 Å². The molecule has 1 heterocycles. The first-order valence-corrected chi connectivity index (χ1v) is 7.20. The SMILES string of the molecule is CC1CN(C(=O)CCc2ccccc2Br)CCN1. The minimum Gasteiger partial charge on any atom is -0.340 e. The summed E-state index contributed by atoms with van der Waals surface area (Å²) in [4.78, 5) is 14.1. The summed E-state index contributed by atoms with van der Waals surface area (Å²) < 4.78 is 1.09. The van der Waals surface area contributed by atoms with Crippen molar-refractivity contribution in [1.29, 1.82) is 0 Å². The Morgan fingerprint density at radius 2 is 2.28 bits per heavy atom. The van der Waals surface area contributed by atoms with Crippen molar-refractivity contribution in [3.8, 4) is 0 Å². The molecule has 2 rings (SSSR count). The Labute approximate surface area is 117 Å². The number of hydrogen-bond acceptors (Lipinski definition) is 2. The Balaban J connectivity index is 1.86. The Morgan fingerprint density at radius 3 is 3.00 bits per heavy atom. The smallest absolute Gasteiger partial charge is 0.222 e. The van der Waals surface area contributed by atoms with E-state index in [1.807, 2.05) is 23.1 Å². The van der Waals surface area contributed by atoms with Crippen LogP contribution in [0, 0.1) is 0 Å². The average Bonchev–Trinajstić information content (AvgIpc) is 2.37. The topological polar surface area (TPSA) is 32.3 Å². The molecule has 0 aromatic heterocycles. The van der Waals surface area contributed by atoms with Crippen LogP contribution in [0.3, 0.4) is 0 Å². The van der Waals surface area contributed by atoms with Crippen LogP contribution in [0.15, 0.2) is 28.7 Å². The van der Waals surface area contributed by atoms with Gasteiger partial charge in [0.2, 0.25) is 5.91 Å². The van der Waals surface area contributed by atoms with E-state index in [0.29, 0.717) is 12.5 Å². The number of hydrogen-bond donors (Lipinski definition) is 1. The zero-order chi connectivity index (χ0) is 13.0. The second-order valence-electron chi connectivity index (χ2n) is 4.79. The molecule has 4 heteroatoms. The predicted octanol–water partition coefficient (Wildman–Crippen LogP) is 2.20. The summed E-state index contributed by atoms with van der Waals surface area (Å²) in [5.41, 5.74) is 1.20. The monoisotopic (exact) mass is 310 g/mol. The molecule has 1 atom stereocenters. The van der Waals surface area contributed by atoms with Gasteiger partial charge in [0.1, 0.15) is 0 Å². The van der Waals surface area contributed by atoms with Crippen LogP contribution >= 0.6 is 15.9 Å². The molecule has 1 N–H and O–H groups in total. The van der Waals surface area contributed by atoms with Crippen LogP contribution in [0.4, 0.5) is 0 Å².